The topological polar surface area (TPSA) is 26.0 Å². The van der Waals surface area contributed by atoms with E-state index in [1.807, 2.05) is 12.1 Å². The van der Waals surface area contributed by atoms with Gasteiger partial charge < -0.3 is 5.73 Å². The largest absolute Gasteiger partial charge is 0.330 e. The summed E-state index contributed by atoms with van der Waals surface area (Å²) < 4.78 is 0. The van der Waals surface area contributed by atoms with E-state index < -0.39 is 0 Å². The van der Waals surface area contributed by atoms with E-state index in [1.165, 1.54) is 0 Å². The third-order valence-corrected chi connectivity index (χ3v) is 2.58. The van der Waals surface area contributed by atoms with Crippen LogP contribution in [0.2, 0.25) is 10.0 Å². The first-order valence-electron chi connectivity index (χ1n) is 4.27. The van der Waals surface area contributed by atoms with Crippen molar-refractivity contribution in [2.75, 3.05) is 6.54 Å². The zero-order valence-electron chi connectivity index (χ0n) is 7.56. The zero-order chi connectivity index (χ0) is 9.84. The highest BCUT2D eigenvalue weighted by Crippen LogP contribution is 2.22. The number of hydrogen-bond acceptors (Lipinski definition) is 1. The summed E-state index contributed by atoms with van der Waals surface area (Å²) in [5.41, 5.74) is 6.61. The Bertz CT molecular complexity index is 286. The van der Waals surface area contributed by atoms with Gasteiger partial charge in [0.15, 0.2) is 0 Å². The van der Waals surface area contributed by atoms with Crippen molar-refractivity contribution in [3.63, 3.8) is 0 Å². The van der Waals surface area contributed by atoms with Gasteiger partial charge in [-0.05, 0) is 42.6 Å². The fraction of sp³-hybridized carbons (Fsp3) is 0.400. The molecular formula is C10H13Cl2N. The van der Waals surface area contributed by atoms with E-state index in [1.54, 1.807) is 6.07 Å². The zero-order valence-corrected chi connectivity index (χ0v) is 9.07. The molecular weight excluding hydrogens is 205 g/mol. The van der Waals surface area contributed by atoms with Gasteiger partial charge in [-0.3, -0.25) is 0 Å². The van der Waals surface area contributed by atoms with Crippen LogP contribution in [0.25, 0.3) is 0 Å². The minimum atomic E-state index is 0.441. The van der Waals surface area contributed by atoms with Gasteiger partial charge in [-0.2, -0.15) is 0 Å². The summed E-state index contributed by atoms with van der Waals surface area (Å²) >= 11 is 11.9. The van der Waals surface area contributed by atoms with Gasteiger partial charge in [-0.15, -0.1) is 0 Å². The van der Waals surface area contributed by atoms with Gasteiger partial charge in [0.2, 0.25) is 0 Å². The van der Waals surface area contributed by atoms with Gasteiger partial charge in [-0.25, -0.2) is 0 Å². The molecule has 1 rings (SSSR count). The second-order valence-corrected chi connectivity index (χ2v) is 4.12. The van der Waals surface area contributed by atoms with E-state index in [-0.39, 0.29) is 0 Å². The summed E-state index contributed by atoms with van der Waals surface area (Å²) in [6.45, 7) is 2.76. The average Bonchev–Trinajstić information content (AvgIpc) is 2.11. The Balaban J connectivity index is 2.81. The van der Waals surface area contributed by atoms with Crippen molar-refractivity contribution in [2.24, 2.45) is 11.7 Å². The molecule has 0 heterocycles. The summed E-state index contributed by atoms with van der Waals surface area (Å²) in [5.74, 6) is 0.441. The molecule has 0 aliphatic carbocycles. The number of halogens is 2. The molecule has 0 spiro atoms. The molecule has 0 aliphatic rings. The molecule has 0 bridgehead atoms. The highest BCUT2D eigenvalue weighted by molar-refractivity contribution is 6.33. The normalized spacial score (nSPS) is 12.9. The van der Waals surface area contributed by atoms with Crippen LogP contribution in [0.15, 0.2) is 18.2 Å². The fourth-order valence-electron chi connectivity index (χ4n) is 1.16. The number of benzene rings is 1. The quantitative estimate of drug-likeness (QED) is 0.828. The molecule has 0 aliphatic heterocycles. The first-order valence-corrected chi connectivity index (χ1v) is 5.03. The molecule has 1 aromatic rings. The maximum Gasteiger partial charge on any atom is 0.0439 e. The van der Waals surface area contributed by atoms with Crippen LogP contribution in [-0.2, 0) is 6.42 Å². The van der Waals surface area contributed by atoms with Crippen molar-refractivity contribution < 1.29 is 0 Å². The molecule has 0 fully saturated rings. The van der Waals surface area contributed by atoms with Crippen LogP contribution < -0.4 is 5.73 Å². The predicted molar refractivity (Wildman–Crippen MR) is 58.4 cm³/mol. The van der Waals surface area contributed by atoms with E-state index in [2.05, 4.69) is 6.92 Å². The van der Waals surface area contributed by atoms with Crippen molar-refractivity contribution in [3.8, 4) is 0 Å². The highest BCUT2D eigenvalue weighted by atomic mass is 35.5. The first kappa shape index (κ1) is 10.8. The van der Waals surface area contributed by atoms with E-state index >= 15 is 0 Å². The van der Waals surface area contributed by atoms with Gasteiger partial charge in [0, 0.05) is 10.0 Å². The summed E-state index contributed by atoms with van der Waals surface area (Å²) in [7, 11) is 0. The van der Waals surface area contributed by atoms with Crippen molar-refractivity contribution in [2.45, 2.75) is 13.3 Å². The van der Waals surface area contributed by atoms with Crippen LogP contribution in [0.5, 0.6) is 0 Å². The first-order chi connectivity index (χ1) is 6.13. The summed E-state index contributed by atoms with van der Waals surface area (Å²) in [6.07, 6.45) is 0.885. The van der Waals surface area contributed by atoms with E-state index in [0.717, 1.165) is 22.0 Å². The predicted octanol–water partition coefficient (Wildman–Crippen LogP) is 3.13. The summed E-state index contributed by atoms with van der Waals surface area (Å²) in [6, 6.07) is 5.51. The molecule has 0 radical (unpaired) electrons. The smallest absolute Gasteiger partial charge is 0.0439 e. The Morgan fingerprint density at radius 2 is 2.08 bits per heavy atom. The number of nitrogens with two attached hydrogens (primary N) is 1. The Kier molecular flexibility index (Phi) is 4.04. The lowest BCUT2D eigenvalue weighted by atomic mass is 10.0. The van der Waals surface area contributed by atoms with Crippen molar-refractivity contribution in [1.82, 2.24) is 0 Å². The molecule has 1 unspecified atom stereocenters. The van der Waals surface area contributed by atoms with Crippen molar-refractivity contribution in [1.29, 1.82) is 0 Å². The lowest BCUT2D eigenvalue weighted by Gasteiger charge is -2.09. The Hall–Kier alpha value is -0.240. The molecule has 0 saturated carbocycles. The molecule has 3 heteroatoms. The minimum absolute atomic E-state index is 0.441. The Morgan fingerprint density at radius 3 is 2.69 bits per heavy atom. The van der Waals surface area contributed by atoms with E-state index in [0.29, 0.717) is 12.5 Å². The van der Waals surface area contributed by atoms with E-state index in [9.17, 15) is 0 Å². The summed E-state index contributed by atoms with van der Waals surface area (Å²) in [5, 5.41) is 1.49. The Labute approximate surface area is 88.8 Å². The van der Waals surface area contributed by atoms with Crippen LogP contribution in [0.3, 0.4) is 0 Å². The molecule has 0 saturated heterocycles. The molecule has 1 atom stereocenters. The van der Waals surface area contributed by atoms with Crippen LogP contribution in [-0.4, -0.2) is 6.54 Å². The average molecular weight is 218 g/mol. The molecule has 13 heavy (non-hydrogen) atoms. The van der Waals surface area contributed by atoms with Crippen LogP contribution in [0.4, 0.5) is 0 Å². The number of hydrogen-bond donors (Lipinski definition) is 1. The molecule has 1 nitrogen and oxygen atoms in total. The standard InChI is InChI=1S/C10H13Cl2N/c1-7(6-13)4-8-5-9(11)2-3-10(8)12/h2-3,5,7H,4,6,13H2,1H3. The minimum Gasteiger partial charge on any atom is -0.330 e. The van der Waals surface area contributed by atoms with Gasteiger partial charge in [-0.1, -0.05) is 30.1 Å². The molecule has 2 N–H and O–H groups in total. The number of rotatable bonds is 3. The summed E-state index contributed by atoms with van der Waals surface area (Å²) in [4.78, 5) is 0. The van der Waals surface area contributed by atoms with Gasteiger partial charge in [0.1, 0.15) is 0 Å². The van der Waals surface area contributed by atoms with E-state index in [4.69, 9.17) is 28.9 Å². The second-order valence-electron chi connectivity index (χ2n) is 3.28. The van der Waals surface area contributed by atoms with Crippen molar-refractivity contribution >= 4 is 23.2 Å². The monoisotopic (exact) mass is 217 g/mol. The Morgan fingerprint density at radius 1 is 1.38 bits per heavy atom. The molecule has 1 aromatic carbocycles. The van der Waals surface area contributed by atoms with Gasteiger partial charge >= 0.3 is 0 Å². The lowest BCUT2D eigenvalue weighted by Crippen LogP contribution is -2.13. The second kappa shape index (κ2) is 4.85. The molecule has 0 amide bonds. The van der Waals surface area contributed by atoms with Gasteiger partial charge in [0.05, 0.1) is 0 Å². The SMILES string of the molecule is CC(CN)Cc1cc(Cl)ccc1Cl. The van der Waals surface area contributed by atoms with Crippen molar-refractivity contribution in [3.05, 3.63) is 33.8 Å². The van der Waals surface area contributed by atoms with Crippen LogP contribution >= 0.6 is 23.2 Å². The maximum absolute atomic E-state index is 6.00. The fourth-order valence-corrected chi connectivity index (χ4v) is 1.55. The lowest BCUT2D eigenvalue weighted by molar-refractivity contribution is 0.593. The third kappa shape index (κ3) is 3.18. The highest BCUT2D eigenvalue weighted by Gasteiger charge is 2.05. The van der Waals surface area contributed by atoms with Crippen LogP contribution in [0.1, 0.15) is 12.5 Å². The third-order valence-electron chi connectivity index (χ3n) is 1.98. The van der Waals surface area contributed by atoms with Crippen LogP contribution in [0, 0.1) is 5.92 Å². The maximum atomic E-state index is 6.00. The van der Waals surface area contributed by atoms with Gasteiger partial charge in [0.25, 0.3) is 0 Å². The molecule has 72 valence electrons. The molecule has 0 aromatic heterocycles.